The van der Waals surface area contributed by atoms with Crippen molar-refractivity contribution >= 4 is 33.4 Å². The maximum atomic E-state index is 12.5. The summed E-state index contributed by atoms with van der Waals surface area (Å²) < 4.78 is 27.7. The second-order valence-electron chi connectivity index (χ2n) is 6.84. The van der Waals surface area contributed by atoms with Crippen LogP contribution >= 0.6 is 11.8 Å². The molecule has 1 aromatic rings. The van der Waals surface area contributed by atoms with Crippen LogP contribution < -0.4 is 10.0 Å². The monoisotopic (exact) mass is 399 g/mol. The molecule has 1 fully saturated rings. The van der Waals surface area contributed by atoms with Gasteiger partial charge in [0.05, 0.1) is 10.6 Å². The molecule has 0 aromatic heterocycles. The van der Waals surface area contributed by atoms with Crippen LogP contribution in [0.4, 0.5) is 5.69 Å². The molecular formula is C18H29N3O3S2. The fraction of sp³-hybridized carbons (Fsp3) is 0.611. The molecule has 0 bridgehead atoms. The van der Waals surface area contributed by atoms with Gasteiger partial charge in [0, 0.05) is 24.9 Å². The van der Waals surface area contributed by atoms with E-state index in [2.05, 4.69) is 21.9 Å². The fourth-order valence-corrected chi connectivity index (χ4v) is 4.86. The van der Waals surface area contributed by atoms with Gasteiger partial charge in [-0.1, -0.05) is 6.92 Å². The van der Waals surface area contributed by atoms with Gasteiger partial charge in [0.2, 0.25) is 15.9 Å². The Hall–Kier alpha value is -1.09. The smallest absolute Gasteiger partial charge is 0.240 e. The molecule has 26 heavy (non-hydrogen) atoms. The van der Waals surface area contributed by atoms with Crippen molar-refractivity contribution in [3.8, 4) is 0 Å². The molecule has 1 atom stereocenters. The van der Waals surface area contributed by atoms with Crippen LogP contribution in [0.1, 0.15) is 33.1 Å². The molecule has 0 aliphatic carbocycles. The van der Waals surface area contributed by atoms with Crippen LogP contribution in [0.2, 0.25) is 0 Å². The summed E-state index contributed by atoms with van der Waals surface area (Å²) >= 11 is 1.46. The molecule has 1 saturated heterocycles. The van der Waals surface area contributed by atoms with E-state index in [4.69, 9.17) is 0 Å². The Morgan fingerprint density at radius 1 is 1.38 bits per heavy atom. The summed E-state index contributed by atoms with van der Waals surface area (Å²) in [6.45, 7) is 7.20. The summed E-state index contributed by atoms with van der Waals surface area (Å²) in [6, 6.07) is 4.81. The molecule has 0 saturated carbocycles. The number of nitrogens with one attached hydrogen (secondary N) is 2. The number of thioether (sulfide) groups is 1. The lowest BCUT2D eigenvalue weighted by atomic mass is 10.0. The minimum atomic E-state index is -3.59. The number of likely N-dealkylation sites (tertiary alicyclic amines) is 1. The third-order valence-electron chi connectivity index (χ3n) is 4.48. The molecule has 1 unspecified atom stereocenters. The summed E-state index contributed by atoms with van der Waals surface area (Å²) in [5, 5.41) is 2.69. The van der Waals surface area contributed by atoms with E-state index in [9.17, 15) is 13.2 Å². The van der Waals surface area contributed by atoms with Crippen LogP contribution in [0.25, 0.3) is 0 Å². The first-order valence-electron chi connectivity index (χ1n) is 8.99. The Kier molecular flexibility index (Phi) is 7.94. The Morgan fingerprint density at radius 2 is 2.15 bits per heavy atom. The highest BCUT2D eigenvalue weighted by Crippen LogP contribution is 2.28. The Labute approximate surface area is 161 Å². The Bertz CT molecular complexity index is 722. The van der Waals surface area contributed by atoms with E-state index in [1.54, 1.807) is 12.1 Å². The number of piperidine rings is 1. The van der Waals surface area contributed by atoms with Gasteiger partial charge in [0.15, 0.2) is 0 Å². The first-order chi connectivity index (χ1) is 12.3. The van der Waals surface area contributed by atoms with Crippen molar-refractivity contribution < 1.29 is 13.2 Å². The molecule has 146 valence electrons. The summed E-state index contributed by atoms with van der Waals surface area (Å²) in [5.41, 5.74) is 0.523. The van der Waals surface area contributed by atoms with E-state index in [1.807, 2.05) is 6.26 Å². The number of carbonyl (C=O) groups is 1. The SMILES string of the molecule is CSc1ccc(S(=O)(=O)NCCCN2CCCC(C)C2)cc1NC(C)=O. The predicted molar refractivity (Wildman–Crippen MR) is 107 cm³/mol. The third-order valence-corrected chi connectivity index (χ3v) is 6.73. The molecular weight excluding hydrogens is 370 g/mol. The van der Waals surface area contributed by atoms with Crippen molar-refractivity contribution in [1.82, 2.24) is 9.62 Å². The van der Waals surface area contributed by atoms with Crippen molar-refractivity contribution in [2.45, 2.75) is 42.9 Å². The van der Waals surface area contributed by atoms with E-state index < -0.39 is 10.0 Å². The maximum absolute atomic E-state index is 12.5. The van der Waals surface area contributed by atoms with Crippen molar-refractivity contribution in [2.75, 3.05) is 37.8 Å². The van der Waals surface area contributed by atoms with Gasteiger partial charge in [-0.3, -0.25) is 4.79 Å². The number of sulfonamides is 1. The minimum absolute atomic E-state index is 0.172. The van der Waals surface area contributed by atoms with Gasteiger partial charge in [-0.15, -0.1) is 11.8 Å². The summed E-state index contributed by atoms with van der Waals surface area (Å²) in [6.07, 6.45) is 5.17. The highest BCUT2D eigenvalue weighted by atomic mass is 32.2. The Morgan fingerprint density at radius 3 is 2.81 bits per heavy atom. The summed E-state index contributed by atoms with van der Waals surface area (Å²) in [4.78, 5) is 14.7. The van der Waals surface area contributed by atoms with Crippen LogP contribution in [-0.4, -0.2) is 51.7 Å². The normalized spacial score (nSPS) is 18.7. The van der Waals surface area contributed by atoms with E-state index in [0.717, 1.165) is 36.9 Å². The van der Waals surface area contributed by atoms with Gasteiger partial charge >= 0.3 is 0 Å². The molecule has 8 heteroatoms. The van der Waals surface area contributed by atoms with Crippen molar-refractivity contribution in [3.05, 3.63) is 18.2 Å². The van der Waals surface area contributed by atoms with Crippen LogP contribution in [0.3, 0.4) is 0 Å². The highest BCUT2D eigenvalue weighted by Gasteiger charge is 2.18. The molecule has 6 nitrogen and oxygen atoms in total. The number of rotatable bonds is 8. The zero-order valence-corrected chi connectivity index (χ0v) is 17.4. The molecule has 0 radical (unpaired) electrons. The standard InChI is InChI=1S/C18H29N3O3S2/c1-14-6-4-10-21(13-14)11-5-9-19-26(23,24)16-7-8-18(25-3)17(12-16)20-15(2)22/h7-8,12,14,19H,4-6,9-11,13H2,1-3H3,(H,20,22). The van der Waals surface area contributed by atoms with Crippen molar-refractivity contribution in [2.24, 2.45) is 5.92 Å². The highest BCUT2D eigenvalue weighted by molar-refractivity contribution is 7.98. The van der Waals surface area contributed by atoms with Gasteiger partial charge in [-0.2, -0.15) is 0 Å². The van der Waals surface area contributed by atoms with E-state index >= 15 is 0 Å². The molecule has 2 rings (SSSR count). The third kappa shape index (κ3) is 6.26. The number of hydrogen-bond acceptors (Lipinski definition) is 5. The minimum Gasteiger partial charge on any atom is -0.325 e. The van der Waals surface area contributed by atoms with Crippen molar-refractivity contribution in [3.63, 3.8) is 0 Å². The number of hydrogen-bond donors (Lipinski definition) is 2. The molecule has 0 spiro atoms. The lowest BCUT2D eigenvalue weighted by Crippen LogP contribution is -2.36. The number of amides is 1. The van der Waals surface area contributed by atoms with Crippen LogP contribution in [0.5, 0.6) is 0 Å². The largest absolute Gasteiger partial charge is 0.325 e. The van der Waals surface area contributed by atoms with Gasteiger partial charge in [-0.05, 0) is 62.7 Å². The van der Waals surface area contributed by atoms with Gasteiger partial charge in [0.25, 0.3) is 0 Å². The topological polar surface area (TPSA) is 78.5 Å². The quantitative estimate of drug-likeness (QED) is 0.519. The first kappa shape index (κ1) is 21.2. The number of nitrogens with zero attached hydrogens (tertiary/aromatic N) is 1. The van der Waals surface area contributed by atoms with Gasteiger partial charge < -0.3 is 10.2 Å². The number of anilines is 1. The summed E-state index contributed by atoms with van der Waals surface area (Å²) in [5.74, 6) is 0.501. The van der Waals surface area contributed by atoms with E-state index in [0.29, 0.717) is 12.2 Å². The van der Waals surface area contributed by atoms with E-state index in [-0.39, 0.29) is 10.8 Å². The van der Waals surface area contributed by atoms with Crippen molar-refractivity contribution in [1.29, 1.82) is 0 Å². The molecule has 1 heterocycles. The summed E-state index contributed by atoms with van der Waals surface area (Å²) in [7, 11) is -3.59. The second-order valence-corrected chi connectivity index (χ2v) is 9.46. The van der Waals surface area contributed by atoms with Gasteiger partial charge in [-0.25, -0.2) is 13.1 Å². The van der Waals surface area contributed by atoms with Gasteiger partial charge in [0.1, 0.15) is 0 Å². The fourth-order valence-electron chi connectivity index (χ4n) is 3.22. The molecule has 1 amide bonds. The molecule has 2 N–H and O–H groups in total. The van der Waals surface area contributed by atoms with Crippen LogP contribution in [-0.2, 0) is 14.8 Å². The molecule has 1 aromatic carbocycles. The Balaban J connectivity index is 1.93. The lowest BCUT2D eigenvalue weighted by Gasteiger charge is -2.30. The van der Waals surface area contributed by atoms with E-state index in [1.165, 1.54) is 37.6 Å². The average molecular weight is 400 g/mol. The first-order valence-corrected chi connectivity index (χ1v) is 11.7. The lowest BCUT2D eigenvalue weighted by molar-refractivity contribution is -0.114. The maximum Gasteiger partial charge on any atom is 0.240 e. The zero-order valence-electron chi connectivity index (χ0n) is 15.7. The second kappa shape index (κ2) is 9.73. The average Bonchev–Trinajstić information content (AvgIpc) is 2.58. The molecule has 1 aliphatic heterocycles. The molecule has 1 aliphatic rings. The number of benzene rings is 1. The number of carbonyl (C=O) groups excluding carboxylic acids is 1. The van der Waals surface area contributed by atoms with Crippen LogP contribution in [0, 0.1) is 5.92 Å². The van der Waals surface area contributed by atoms with Crippen LogP contribution in [0.15, 0.2) is 28.0 Å². The predicted octanol–water partition coefficient (Wildman–Crippen LogP) is 2.77. The zero-order chi connectivity index (χ0) is 19.2.